The summed E-state index contributed by atoms with van der Waals surface area (Å²) in [7, 11) is 0. The molecule has 2 rings (SSSR count). The van der Waals surface area contributed by atoms with Crippen molar-refractivity contribution < 1.29 is 4.79 Å². The van der Waals surface area contributed by atoms with E-state index in [0.29, 0.717) is 0 Å². The van der Waals surface area contributed by atoms with Gasteiger partial charge in [-0.2, -0.15) is 0 Å². The molecule has 1 saturated heterocycles. The largest absolute Gasteiger partial charge is 0.353 e. The first-order valence-electron chi connectivity index (χ1n) is 6.71. The number of thiophene rings is 1. The summed E-state index contributed by atoms with van der Waals surface area (Å²) >= 11 is 1.82. The Morgan fingerprint density at radius 2 is 2.37 bits per heavy atom. The van der Waals surface area contributed by atoms with E-state index in [2.05, 4.69) is 36.6 Å². The van der Waals surface area contributed by atoms with Crippen molar-refractivity contribution in [2.45, 2.75) is 39.2 Å². The number of carbonyl (C=O) groups excluding carboxylic acids is 1. The number of aryl methyl sites for hydroxylation is 1. The second-order valence-corrected chi connectivity index (χ2v) is 6.54. The number of rotatable bonds is 4. The van der Waals surface area contributed by atoms with E-state index in [1.54, 1.807) is 0 Å². The second kappa shape index (κ2) is 7.88. The third-order valence-electron chi connectivity index (χ3n) is 3.36. The van der Waals surface area contributed by atoms with Crippen molar-refractivity contribution >= 4 is 29.7 Å². The van der Waals surface area contributed by atoms with Crippen molar-refractivity contribution in [3.63, 3.8) is 0 Å². The molecule has 2 heterocycles. The van der Waals surface area contributed by atoms with E-state index in [4.69, 9.17) is 0 Å². The maximum absolute atomic E-state index is 12.1. The summed E-state index contributed by atoms with van der Waals surface area (Å²) in [5.41, 5.74) is 0. The molecule has 0 bridgehead atoms. The van der Waals surface area contributed by atoms with Gasteiger partial charge in [-0.05, 0) is 45.4 Å². The molecule has 2 unspecified atom stereocenters. The van der Waals surface area contributed by atoms with E-state index in [0.717, 1.165) is 32.4 Å². The van der Waals surface area contributed by atoms with Crippen molar-refractivity contribution in [2.24, 2.45) is 5.92 Å². The second-order valence-electron chi connectivity index (χ2n) is 5.17. The minimum absolute atomic E-state index is 0. The van der Waals surface area contributed by atoms with Gasteiger partial charge in [0.25, 0.3) is 0 Å². The van der Waals surface area contributed by atoms with Crippen LogP contribution in [0.3, 0.4) is 0 Å². The highest BCUT2D eigenvalue weighted by atomic mass is 35.5. The Balaban J connectivity index is 0.00000180. The summed E-state index contributed by atoms with van der Waals surface area (Å²) in [5.74, 6) is 0.370. The van der Waals surface area contributed by atoms with Gasteiger partial charge in [0.2, 0.25) is 5.91 Å². The number of hydrogen-bond donors (Lipinski definition) is 2. The minimum atomic E-state index is 0. The molecule has 1 amide bonds. The number of piperidine rings is 1. The van der Waals surface area contributed by atoms with Gasteiger partial charge in [0.15, 0.2) is 0 Å². The molecule has 108 valence electrons. The molecule has 1 aliphatic heterocycles. The van der Waals surface area contributed by atoms with E-state index in [1.165, 1.54) is 9.75 Å². The van der Waals surface area contributed by atoms with Crippen LogP contribution in [-0.2, 0) is 11.2 Å². The third kappa shape index (κ3) is 5.13. The van der Waals surface area contributed by atoms with Crippen LogP contribution < -0.4 is 10.6 Å². The minimum Gasteiger partial charge on any atom is -0.353 e. The molecule has 2 N–H and O–H groups in total. The molecular formula is C14H23ClN2OS. The molecule has 19 heavy (non-hydrogen) atoms. The van der Waals surface area contributed by atoms with Crippen molar-refractivity contribution in [1.29, 1.82) is 0 Å². The van der Waals surface area contributed by atoms with Gasteiger partial charge >= 0.3 is 0 Å². The Morgan fingerprint density at radius 3 is 2.95 bits per heavy atom. The summed E-state index contributed by atoms with van der Waals surface area (Å²) in [6, 6.07) is 4.52. The van der Waals surface area contributed by atoms with Gasteiger partial charge in [0.05, 0.1) is 5.92 Å². The summed E-state index contributed by atoms with van der Waals surface area (Å²) in [4.78, 5) is 14.7. The van der Waals surface area contributed by atoms with E-state index in [-0.39, 0.29) is 30.3 Å². The van der Waals surface area contributed by atoms with Crippen LogP contribution in [0.2, 0.25) is 0 Å². The van der Waals surface area contributed by atoms with Gasteiger partial charge in [0.1, 0.15) is 0 Å². The molecule has 1 fully saturated rings. The quantitative estimate of drug-likeness (QED) is 0.897. The zero-order valence-corrected chi connectivity index (χ0v) is 13.2. The average molecular weight is 303 g/mol. The first-order chi connectivity index (χ1) is 8.65. The van der Waals surface area contributed by atoms with Crippen molar-refractivity contribution in [1.82, 2.24) is 10.6 Å². The lowest BCUT2D eigenvalue weighted by Gasteiger charge is -2.23. The lowest BCUT2D eigenvalue weighted by atomic mass is 9.98. The highest BCUT2D eigenvalue weighted by Gasteiger charge is 2.22. The van der Waals surface area contributed by atoms with Gasteiger partial charge in [0, 0.05) is 28.8 Å². The van der Waals surface area contributed by atoms with Gasteiger partial charge < -0.3 is 10.6 Å². The van der Waals surface area contributed by atoms with Crippen LogP contribution in [0.25, 0.3) is 0 Å². The monoisotopic (exact) mass is 302 g/mol. The molecule has 0 spiro atoms. The van der Waals surface area contributed by atoms with Crippen molar-refractivity contribution in [3.8, 4) is 0 Å². The normalized spacial score (nSPS) is 20.4. The molecule has 3 nitrogen and oxygen atoms in total. The lowest BCUT2D eigenvalue weighted by Crippen LogP contribution is -2.44. The SMILES string of the molecule is Cc1ccc(CC(C)NC(=O)C2CCCNC2)s1.Cl. The topological polar surface area (TPSA) is 41.1 Å². The zero-order valence-electron chi connectivity index (χ0n) is 11.6. The maximum atomic E-state index is 12.1. The van der Waals surface area contributed by atoms with Crippen molar-refractivity contribution in [3.05, 3.63) is 21.9 Å². The molecule has 0 aromatic carbocycles. The van der Waals surface area contributed by atoms with Gasteiger partial charge in [-0.15, -0.1) is 23.7 Å². The van der Waals surface area contributed by atoms with Crippen LogP contribution in [0.5, 0.6) is 0 Å². The molecule has 0 aliphatic carbocycles. The Hall–Kier alpha value is -0.580. The van der Waals surface area contributed by atoms with Gasteiger partial charge in [-0.3, -0.25) is 4.79 Å². The summed E-state index contributed by atoms with van der Waals surface area (Å²) in [6.45, 7) is 6.08. The Bertz CT molecular complexity index is 402. The maximum Gasteiger partial charge on any atom is 0.224 e. The molecule has 0 radical (unpaired) electrons. The van der Waals surface area contributed by atoms with Crippen LogP contribution in [0.4, 0.5) is 0 Å². The molecule has 5 heteroatoms. The van der Waals surface area contributed by atoms with Crippen LogP contribution in [0, 0.1) is 12.8 Å². The predicted octanol–water partition coefficient (Wildman–Crippen LogP) is 2.53. The molecule has 0 saturated carbocycles. The van der Waals surface area contributed by atoms with Crippen LogP contribution in [0.15, 0.2) is 12.1 Å². The van der Waals surface area contributed by atoms with E-state index >= 15 is 0 Å². The highest BCUT2D eigenvalue weighted by molar-refractivity contribution is 7.11. The molecule has 1 aromatic rings. The van der Waals surface area contributed by atoms with Gasteiger partial charge in [-0.25, -0.2) is 0 Å². The number of halogens is 1. The molecule has 1 aromatic heterocycles. The average Bonchev–Trinajstić information content (AvgIpc) is 2.75. The zero-order chi connectivity index (χ0) is 13.0. The Labute approximate surface area is 125 Å². The Morgan fingerprint density at radius 1 is 1.58 bits per heavy atom. The summed E-state index contributed by atoms with van der Waals surface area (Å²) in [6.07, 6.45) is 3.06. The molecule has 2 atom stereocenters. The van der Waals surface area contributed by atoms with Gasteiger partial charge in [-0.1, -0.05) is 0 Å². The smallest absolute Gasteiger partial charge is 0.224 e. The number of hydrogen-bond acceptors (Lipinski definition) is 3. The van der Waals surface area contributed by atoms with E-state index < -0.39 is 0 Å². The highest BCUT2D eigenvalue weighted by Crippen LogP contribution is 2.17. The van der Waals surface area contributed by atoms with Crippen LogP contribution >= 0.6 is 23.7 Å². The Kier molecular flexibility index (Phi) is 6.83. The predicted molar refractivity (Wildman–Crippen MR) is 83.2 cm³/mol. The number of nitrogens with one attached hydrogen (secondary N) is 2. The number of amides is 1. The van der Waals surface area contributed by atoms with E-state index in [9.17, 15) is 4.79 Å². The first-order valence-corrected chi connectivity index (χ1v) is 7.53. The number of carbonyl (C=O) groups is 1. The summed E-state index contributed by atoms with van der Waals surface area (Å²) < 4.78 is 0. The fourth-order valence-corrected chi connectivity index (χ4v) is 3.40. The fourth-order valence-electron chi connectivity index (χ4n) is 2.38. The summed E-state index contributed by atoms with van der Waals surface area (Å²) in [5, 5.41) is 6.42. The molecule has 1 aliphatic rings. The van der Waals surface area contributed by atoms with Crippen LogP contribution in [0.1, 0.15) is 29.5 Å². The van der Waals surface area contributed by atoms with E-state index in [1.807, 2.05) is 11.3 Å². The third-order valence-corrected chi connectivity index (χ3v) is 4.38. The van der Waals surface area contributed by atoms with Crippen molar-refractivity contribution in [2.75, 3.05) is 13.1 Å². The fraction of sp³-hybridized carbons (Fsp3) is 0.643. The first kappa shape index (κ1) is 16.5. The standard InChI is InChI=1S/C14H22N2OS.ClH/c1-10(8-13-6-5-11(2)18-13)16-14(17)12-4-3-7-15-9-12;/h5-6,10,12,15H,3-4,7-9H2,1-2H3,(H,16,17);1H. The molecular weight excluding hydrogens is 280 g/mol. The lowest BCUT2D eigenvalue weighted by molar-refractivity contribution is -0.126. The van der Waals surface area contributed by atoms with Crippen LogP contribution in [-0.4, -0.2) is 25.0 Å².